The van der Waals surface area contributed by atoms with E-state index in [1.54, 1.807) is 46.2 Å². The van der Waals surface area contributed by atoms with E-state index in [4.69, 9.17) is 9.47 Å². The number of nitrogens with one attached hydrogen (secondary N) is 4. The first-order valence-electron chi connectivity index (χ1n) is 42.2. The van der Waals surface area contributed by atoms with Gasteiger partial charge in [0.2, 0.25) is 63.7 Å². The van der Waals surface area contributed by atoms with Crippen LogP contribution >= 0.6 is 0 Å². The highest BCUT2D eigenvalue weighted by atomic mass is 32.2. The molecule has 0 radical (unpaired) electrons. The second-order valence-corrected chi connectivity index (χ2v) is 39.9. The number of anilines is 4. The average Bonchev–Trinajstić information content (AvgIpc) is 1.59. The van der Waals surface area contributed by atoms with Crippen LogP contribution in [0.2, 0.25) is 0 Å². The number of ether oxygens (including phenoxy) is 2. The lowest BCUT2D eigenvalue weighted by Gasteiger charge is -2.36. The van der Waals surface area contributed by atoms with E-state index in [1.165, 1.54) is 33.3 Å². The number of fused-ring (bicyclic) bond motifs is 2. The summed E-state index contributed by atoms with van der Waals surface area (Å²) in [7, 11) is -14.5. The van der Waals surface area contributed by atoms with Gasteiger partial charge >= 0.3 is 0 Å². The predicted octanol–water partition coefficient (Wildman–Crippen LogP) is 11.4. The van der Waals surface area contributed by atoms with Gasteiger partial charge in [0.05, 0.1) is 46.4 Å². The van der Waals surface area contributed by atoms with E-state index in [-0.39, 0.29) is 78.6 Å². The molecule has 7 heterocycles. The Hall–Kier alpha value is -10.6. The molecule has 6 aromatic carbocycles. The van der Waals surface area contributed by atoms with Crippen molar-refractivity contribution in [1.29, 1.82) is 0 Å². The molecule has 8 aromatic rings. The molecule has 15 rings (SSSR count). The highest BCUT2D eigenvalue weighted by Crippen LogP contribution is 2.48. The Balaban J connectivity index is 0.000000199. The van der Waals surface area contributed by atoms with E-state index in [0.717, 1.165) is 155 Å². The normalized spacial score (nSPS) is 18.5. The number of aromatic nitrogens is 2. The number of amides is 6. The van der Waals surface area contributed by atoms with Gasteiger partial charge < -0.3 is 48.8 Å². The second kappa shape index (κ2) is 38.4. The van der Waals surface area contributed by atoms with E-state index in [0.29, 0.717) is 127 Å². The number of carbonyl (C=O) groups is 6. The molecule has 2 aromatic heterocycles. The lowest BCUT2D eigenvalue weighted by Crippen LogP contribution is -2.48. The minimum Gasteiger partial charge on any atom is -0.489 e. The van der Waals surface area contributed by atoms with Crippen molar-refractivity contribution in [2.75, 3.05) is 122 Å². The van der Waals surface area contributed by atoms with Gasteiger partial charge in [-0.2, -0.15) is 8.61 Å². The van der Waals surface area contributed by atoms with Crippen LogP contribution in [-0.2, 0) is 85.6 Å². The molecule has 122 heavy (non-hydrogen) atoms. The van der Waals surface area contributed by atoms with Gasteiger partial charge in [-0.3, -0.25) is 28.8 Å². The van der Waals surface area contributed by atoms with Gasteiger partial charge in [0.25, 0.3) is 11.8 Å². The molecule has 2 bridgehead atoms. The number of nitrogens with zero attached hydrogens (tertiary/aromatic N) is 8. The molecule has 4 N–H and O–H groups in total. The topological polar surface area (TPSA) is 335 Å². The standard InChI is InChI=1S/C46H56N6O8S2.C44H52N6O8S2/c1-4-6-22-47-42(53)31-52-41-30-35(46(55)48-62(58,59)28-5-2)16-20-39(41)44(33-11-8-7-9-12-33)45(52)34-14-18-38(19-15-34)60-32-36-29-37(51-23-10-13-43(51)54)17-21-40(36)49-24-26-50(27-25-49)61(3,56)57;1-59(54,55)48-24-22-47(23-25-48)38-19-15-35(49-21-8-11-41(49)52)27-34(38)30-58-36-16-12-32(13-17-36)43-42(31-9-4-2-5-10-31)37-18-14-33-28-39(37)50(43)29-40(51)45-20-6-3-7-26-60(56,57)46-44(33)53/h4-5,14-21,29-30,33H,1-2,6-13,22-28,31-32H2,3H3,(H,47,53)(H,48,55);3,7,12-19,27-28,31H,2,4-6,8-11,20-26,29-30H2,1H3,(H,45,51)(H,46,53)/b;7-3-. The van der Waals surface area contributed by atoms with Crippen LogP contribution in [0, 0.1) is 0 Å². The molecule has 2 aliphatic carbocycles. The molecule has 32 heteroatoms. The smallest absolute Gasteiger partial charge is 0.264 e. The number of piperazine rings is 2. The van der Waals surface area contributed by atoms with Crippen LogP contribution in [0.1, 0.15) is 158 Å². The fourth-order valence-corrected chi connectivity index (χ4v) is 21.3. The maximum atomic E-state index is 13.6. The van der Waals surface area contributed by atoms with Crippen molar-refractivity contribution >= 4 is 120 Å². The summed E-state index contributed by atoms with van der Waals surface area (Å²) in [5.74, 6) is -0.847. The van der Waals surface area contributed by atoms with Gasteiger partial charge in [0, 0.05) is 147 Å². The molecule has 0 spiro atoms. The van der Waals surface area contributed by atoms with Gasteiger partial charge in [-0.25, -0.2) is 43.1 Å². The molecular formula is C90H108N12O16S4. The summed E-state index contributed by atoms with van der Waals surface area (Å²) in [6.45, 7) is 13.2. The lowest BCUT2D eigenvalue weighted by atomic mass is 9.81. The quantitative estimate of drug-likeness (QED) is 0.0305. The van der Waals surface area contributed by atoms with Crippen LogP contribution in [0.15, 0.2) is 159 Å². The van der Waals surface area contributed by atoms with Crippen LogP contribution in [0.4, 0.5) is 22.7 Å². The van der Waals surface area contributed by atoms with Crippen LogP contribution < -0.4 is 49.2 Å². The zero-order valence-electron chi connectivity index (χ0n) is 69.2. The SMILES string of the molecule is C=CCCNC(=O)Cn1c(-c2ccc(OCc3cc(N4CCCC4=O)ccc3N3CCN(S(C)(=O)=O)CC3)cc2)c(C2CCCCC2)c2ccc(C(=O)NS(=O)(=O)CC=C)cc21.CS(=O)(=O)N1CCN(c2ccc(N3CCCC3=O)cc2COc2ccc(-c3c(C4CCCCC4)c4ccc5cc4n3CC(=O)NCC/C=C\CS(=O)(=O)NC5=O)cc2)CC1. The highest BCUT2D eigenvalue weighted by Gasteiger charge is 2.35. The first-order valence-corrected chi connectivity index (χ1v) is 49.2. The summed E-state index contributed by atoms with van der Waals surface area (Å²) in [6.07, 6.45) is 22.7. The van der Waals surface area contributed by atoms with Crippen LogP contribution in [0.5, 0.6) is 11.5 Å². The molecule has 7 aliphatic rings. The number of benzene rings is 6. The molecule has 0 atom stereocenters. The number of carbonyl (C=O) groups excluding carboxylic acids is 6. The van der Waals surface area contributed by atoms with Crippen molar-refractivity contribution in [3.8, 4) is 34.0 Å². The summed E-state index contributed by atoms with van der Waals surface area (Å²) in [5, 5.41) is 7.79. The van der Waals surface area contributed by atoms with Crippen molar-refractivity contribution in [3.05, 3.63) is 192 Å². The summed E-state index contributed by atoms with van der Waals surface area (Å²) in [5.41, 5.74) is 12.5. The third-order valence-electron chi connectivity index (χ3n) is 24.0. The Morgan fingerprint density at radius 3 is 1.57 bits per heavy atom. The maximum Gasteiger partial charge on any atom is 0.264 e. The van der Waals surface area contributed by atoms with E-state index in [9.17, 15) is 62.4 Å². The van der Waals surface area contributed by atoms with Crippen molar-refractivity contribution in [2.24, 2.45) is 0 Å². The van der Waals surface area contributed by atoms with Crippen LogP contribution in [0.25, 0.3) is 44.3 Å². The number of sulfonamides is 4. The first kappa shape index (κ1) is 87.7. The van der Waals surface area contributed by atoms with E-state index in [1.807, 2.05) is 106 Å². The van der Waals surface area contributed by atoms with Crippen molar-refractivity contribution in [2.45, 2.75) is 141 Å². The third-order valence-corrected chi connectivity index (χ3v) is 28.9. The van der Waals surface area contributed by atoms with Gasteiger partial charge in [-0.15, -0.1) is 13.2 Å². The van der Waals surface area contributed by atoms with Crippen molar-refractivity contribution < 1.29 is 71.9 Å². The minimum absolute atomic E-state index is 0.000966. The molecule has 6 fully saturated rings. The largest absolute Gasteiger partial charge is 0.489 e. The van der Waals surface area contributed by atoms with Crippen LogP contribution in [-0.4, -0.2) is 189 Å². The highest BCUT2D eigenvalue weighted by molar-refractivity contribution is 7.90. The van der Waals surface area contributed by atoms with Crippen molar-refractivity contribution in [1.82, 2.24) is 37.8 Å². The molecule has 648 valence electrons. The first-order chi connectivity index (χ1) is 58.6. The Morgan fingerprint density at radius 1 is 0.557 bits per heavy atom. The second-order valence-electron chi connectivity index (χ2n) is 32.4. The predicted molar refractivity (Wildman–Crippen MR) is 476 cm³/mol. The molecule has 6 amide bonds. The minimum atomic E-state index is -3.94. The van der Waals surface area contributed by atoms with Gasteiger partial charge in [0.1, 0.15) is 37.8 Å². The van der Waals surface area contributed by atoms with Gasteiger partial charge in [-0.1, -0.05) is 75.0 Å². The number of hydrogen-bond acceptors (Lipinski definition) is 18. The molecule has 5 aliphatic heterocycles. The summed E-state index contributed by atoms with van der Waals surface area (Å²) < 4.78 is 124. The zero-order valence-corrected chi connectivity index (χ0v) is 72.5. The number of rotatable bonds is 25. The zero-order chi connectivity index (χ0) is 86.0. The number of hydrogen-bond donors (Lipinski definition) is 4. The van der Waals surface area contributed by atoms with Gasteiger partial charge in [0.15, 0.2) is 0 Å². The van der Waals surface area contributed by atoms with E-state index in [2.05, 4.69) is 43.0 Å². The Morgan fingerprint density at radius 2 is 1.07 bits per heavy atom. The van der Waals surface area contributed by atoms with E-state index >= 15 is 0 Å². The lowest BCUT2D eigenvalue weighted by molar-refractivity contribution is -0.122. The third kappa shape index (κ3) is 20.8. The molecule has 28 nitrogen and oxygen atoms in total. The van der Waals surface area contributed by atoms with Crippen LogP contribution in [0.3, 0.4) is 0 Å². The van der Waals surface area contributed by atoms with E-state index < -0.39 is 57.7 Å². The van der Waals surface area contributed by atoms with Crippen molar-refractivity contribution in [3.63, 3.8) is 0 Å². The molecule has 0 unspecified atom stereocenters. The fraction of sp³-hybridized carbons (Fsp3) is 0.422. The Labute approximate surface area is 714 Å². The average molecular weight is 1740 g/mol. The molecule has 4 saturated heterocycles. The summed E-state index contributed by atoms with van der Waals surface area (Å²) in [6, 6.07) is 37.8. The summed E-state index contributed by atoms with van der Waals surface area (Å²) >= 11 is 0. The van der Waals surface area contributed by atoms with Gasteiger partial charge in [-0.05, 0) is 195 Å². The maximum absolute atomic E-state index is 13.6. The Kier molecular flexibility index (Phi) is 27.6. The fourth-order valence-electron chi connectivity index (χ4n) is 18.0. The monoisotopic (exact) mass is 1740 g/mol. The molecular weight excluding hydrogens is 1630 g/mol. The summed E-state index contributed by atoms with van der Waals surface area (Å²) in [4.78, 5) is 87.2. The Bertz CT molecular complexity index is 5800. The molecule has 2 saturated carbocycles.